The van der Waals surface area contributed by atoms with Gasteiger partial charge in [-0.15, -0.1) is 0 Å². The molecule has 4 rings (SSSR count). The number of nitrogens with zero attached hydrogens (tertiary/aromatic N) is 2. The van der Waals surface area contributed by atoms with Crippen molar-refractivity contribution in [1.82, 2.24) is 9.97 Å². The highest BCUT2D eigenvalue weighted by molar-refractivity contribution is 7.78. The maximum Gasteiger partial charge on any atom is 0.231 e. The number of oxazole rings is 1. The Morgan fingerprint density at radius 1 is 1.08 bits per heavy atom. The minimum Gasteiger partial charge on any atom is -0.772 e. The van der Waals surface area contributed by atoms with E-state index in [0.717, 1.165) is 16.6 Å². The van der Waals surface area contributed by atoms with E-state index < -0.39 is 11.1 Å². The largest absolute Gasteiger partial charge is 0.772 e. The highest BCUT2D eigenvalue weighted by Gasteiger charge is 2.13. The van der Waals surface area contributed by atoms with Crippen molar-refractivity contribution in [2.75, 3.05) is 5.73 Å². The first-order valence-corrected chi connectivity index (χ1v) is 9.11. The first kappa shape index (κ1) is 16.4. The van der Waals surface area contributed by atoms with Gasteiger partial charge in [-0.25, -0.2) is 9.97 Å². The molecule has 1 atom stereocenters. The van der Waals surface area contributed by atoms with Crippen molar-refractivity contribution in [3.8, 4) is 22.6 Å². The van der Waals surface area contributed by atoms with Gasteiger partial charge in [0.25, 0.3) is 0 Å². The van der Waals surface area contributed by atoms with Gasteiger partial charge in [0.1, 0.15) is 11.3 Å². The van der Waals surface area contributed by atoms with E-state index in [0.29, 0.717) is 28.4 Å². The number of para-hydroxylation sites is 2. The molecule has 0 aliphatic rings. The normalized spacial score (nSPS) is 12.3. The van der Waals surface area contributed by atoms with E-state index in [4.69, 9.17) is 10.2 Å². The average molecular weight is 364 g/mol. The summed E-state index contributed by atoms with van der Waals surface area (Å²) in [5, 5.41) is 0. The zero-order valence-electron chi connectivity index (χ0n) is 13.6. The molecule has 0 amide bonds. The first-order chi connectivity index (χ1) is 12.6. The van der Waals surface area contributed by atoms with E-state index in [1.807, 2.05) is 48.5 Å². The summed E-state index contributed by atoms with van der Waals surface area (Å²) in [4.78, 5) is 8.72. The van der Waals surface area contributed by atoms with Crippen LogP contribution in [0, 0.1) is 0 Å². The predicted octanol–water partition coefficient (Wildman–Crippen LogP) is 3.52. The van der Waals surface area contributed by atoms with Crippen LogP contribution in [0.2, 0.25) is 0 Å². The second kappa shape index (κ2) is 6.70. The number of rotatable bonds is 4. The summed E-state index contributed by atoms with van der Waals surface area (Å²) in [6, 6.07) is 16.6. The fraction of sp³-hybridized carbons (Fsp3) is 0.0526. The lowest BCUT2D eigenvalue weighted by Crippen LogP contribution is -1.96. The number of anilines is 1. The standard InChI is InChI=1S/C19H15N3O3S/c20-18-15(19-22-16-6-1-2-7-17(16)25-19)9-14(10-21-18)13-5-3-4-12(8-13)11-26(23)24/h1-10H,11H2,(H2,20,21)(H,23,24)/p-1. The summed E-state index contributed by atoms with van der Waals surface area (Å²) in [5.41, 5.74) is 10.4. The summed E-state index contributed by atoms with van der Waals surface area (Å²) < 4.78 is 27.7. The molecule has 7 heteroatoms. The van der Waals surface area contributed by atoms with Crippen LogP contribution in [0.5, 0.6) is 0 Å². The second-order valence-electron chi connectivity index (χ2n) is 5.79. The van der Waals surface area contributed by atoms with Crippen LogP contribution >= 0.6 is 0 Å². The van der Waals surface area contributed by atoms with Crippen LogP contribution in [0.15, 0.2) is 65.2 Å². The van der Waals surface area contributed by atoms with E-state index in [2.05, 4.69) is 9.97 Å². The fourth-order valence-electron chi connectivity index (χ4n) is 2.77. The molecule has 26 heavy (non-hydrogen) atoms. The van der Waals surface area contributed by atoms with Crippen LogP contribution in [0.4, 0.5) is 5.82 Å². The van der Waals surface area contributed by atoms with Gasteiger partial charge < -0.3 is 14.7 Å². The number of nitrogens with two attached hydrogens (primary N) is 1. The van der Waals surface area contributed by atoms with E-state index in [-0.39, 0.29) is 5.75 Å². The number of hydrogen-bond donors (Lipinski definition) is 1. The second-order valence-corrected chi connectivity index (χ2v) is 6.69. The Kier molecular flexibility index (Phi) is 4.24. The number of pyridine rings is 1. The van der Waals surface area contributed by atoms with Gasteiger partial charge in [0, 0.05) is 17.5 Å². The molecule has 2 aromatic carbocycles. The Hall–Kier alpha value is -3.03. The predicted molar refractivity (Wildman–Crippen MR) is 99.7 cm³/mol. The molecule has 1 unspecified atom stereocenters. The number of fused-ring (bicyclic) bond motifs is 1. The first-order valence-electron chi connectivity index (χ1n) is 7.87. The zero-order chi connectivity index (χ0) is 18.1. The third-order valence-electron chi connectivity index (χ3n) is 3.99. The Balaban J connectivity index is 1.78. The molecule has 2 N–H and O–H groups in total. The molecule has 4 aromatic rings. The molecular formula is C19H14N3O3S-. The van der Waals surface area contributed by atoms with Crippen molar-refractivity contribution >= 4 is 28.0 Å². The summed E-state index contributed by atoms with van der Waals surface area (Å²) >= 11 is -2.14. The molecule has 0 saturated carbocycles. The van der Waals surface area contributed by atoms with Gasteiger partial charge in [-0.3, -0.25) is 4.21 Å². The van der Waals surface area contributed by atoms with Gasteiger partial charge in [-0.1, -0.05) is 47.5 Å². The lowest BCUT2D eigenvalue weighted by atomic mass is 10.0. The van der Waals surface area contributed by atoms with Crippen LogP contribution in [0.3, 0.4) is 0 Å². The van der Waals surface area contributed by atoms with E-state index in [9.17, 15) is 8.76 Å². The van der Waals surface area contributed by atoms with Crippen LogP contribution < -0.4 is 5.73 Å². The molecule has 0 aliphatic carbocycles. The molecule has 6 nitrogen and oxygen atoms in total. The monoisotopic (exact) mass is 364 g/mol. The fourth-order valence-corrected chi connectivity index (χ4v) is 3.22. The van der Waals surface area contributed by atoms with Crippen molar-refractivity contribution in [3.63, 3.8) is 0 Å². The van der Waals surface area contributed by atoms with Crippen LogP contribution in [0.1, 0.15) is 5.56 Å². The summed E-state index contributed by atoms with van der Waals surface area (Å²) in [5.74, 6) is 0.681. The Morgan fingerprint density at radius 2 is 1.92 bits per heavy atom. The van der Waals surface area contributed by atoms with Crippen LogP contribution in [0.25, 0.3) is 33.7 Å². The highest BCUT2D eigenvalue weighted by Crippen LogP contribution is 2.31. The Labute approximate surface area is 152 Å². The third kappa shape index (κ3) is 3.22. The van der Waals surface area contributed by atoms with Gasteiger partial charge in [-0.2, -0.15) is 0 Å². The number of benzene rings is 2. The van der Waals surface area contributed by atoms with Gasteiger partial charge in [-0.05, 0) is 29.3 Å². The minimum atomic E-state index is -2.14. The van der Waals surface area contributed by atoms with Gasteiger partial charge >= 0.3 is 0 Å². The van der Waals surface area contributed by atoms with Crippen molar-refractivity contribution in [2.45, 2.75) is 5.75 Å². The summed E-state index contributed by atoms with van der Waals surface area (Å²) in [7, 11) is 0. The summed E-state index contributed by atoms with van der Waals surface area (Å²) in [6.45, 7) is 0. The lowest BCUT2D eigenvalue weighted by Gasteiger charge is -2.09. The number of nitrogen functional groups attached to an aromatic ring is 1. The molecule has 0 spiro atoms. The Morgan fingerprint density at radius 3 is 2.73 bits per heavy atom. The minimum absolute atomic E-state index is 0.0335. The molecule has 0 fully saturated rings. The maximum absolute atomic E-state index is 10.9. The van der Waals surface area contributed by atoms with Gasteiger partial charge in [0.2, 0.25) is 5.89 Å². The van der Waals surface area contributed by atoms with Crippen LogP contribution in [-0.2, 0) is 16.8 Å². The topological polar surface area (TPSA) is 105 Å². The molecule has 0 radical (unpaired) electrons. The van der Waals surface area contributed by atoms with Crippen molar-refractivity contribution in [2.24, 2.45) is 0 Å². The van der Waals surface area contributed by atoms with Crippen molar-refractivity contribution in [3.05, 3.63) is 66.4 Å². The van der Waals surface area contributed by atoms with Crippen LogP contribution in [-0.4, -0.2) is 18.7 Å². The highest BCUT2D eigenvalue weighted by atomic mass is 32.2. The lowest BCUT2D eigenvalue weighted by molar-refractivity contribution is 0.536. The van der Waals surface area contributed by atoms with E-state index in [1.165, 1.54) is 0 Å². The molecule has 0 saturated heterocycles. The third-order valence-corrected chi connectivity index (χ3v) is 4.56. The SMILES string of the molecule is Nc1ncc(-c2cccc(CS(=O)[O-])c2)cc1-c1nc2ccccc2o1. The van der Waals surface area contributed by atoms with Gasteiger partial charge in [0.15, 0.2) is 5.58 Å². The van der Waals surface area contributed by atoms with E-state index in [1.54, 1.807) is 12.3 Å². The van der Waals surface area contributed by atoms with Crippen molar-refractivity contribution in [1.29, 1.82) is 0 Å². The molecule has 2 heterocycles. The molecule has 0 bridgehead atoms. The maximum atomic E-state index is 10.9. The summed E-state index contributed by atoms with van der Waals surface area (Å²) in [6.07, 6.45) is 1.65. The molecule has 130 valence electrons. The molecule has 2 aromatic heterocycles. The molecular weight excluding hydrogens is 350 g/mol. The Bertz CT molecular complexity index is 1090. The number of aromatic nitrogens is 2. The van der Waals surface area contributed by atoms with Gasteiger partial charge in [0.05, 0.1) is 5.56 Å². The van der Waals surface area contributed by atoms with E-state index >= 15 is 0 Å². The quantitative estimate of drug-likeness (QED) is 0.556. The number of hydrogen-bond acceptors (Lipinski definition) is 6. The zero-order valence-corrected chi connectivity index (χ0v) is 14.4. The van der Waals surface area contributed by atoms with Crippen molar-refractivity contribution < 1.29 is 13.2 Å². The molecule has 0 aliphatic heterocycles. The smallest absolute Gasteiger partial charge is 0.231 e. The average Bonchev–Trinajstić information content (AvgIpc) is 3.05.